The molecule has 1 atom stereocenters. The van der Waals surface area contributed by atoms with Gasteiger partial charge in [-0.15, -0.1) is 0 Å². The van der Waals surface area contributed by atoms with Gasteiger partial charge in [0.05, 0.1) is 10.7 Å². The molecule has 0 saturated carbocycles. The molecule has 0 spiro atoms. The van der Waals surface area contributed by atoms with E-state index in [1.807, 2.05) is 32.0 Å². The fraction of sp³-hybridized carbons (Fsp3) is 0.364. The number of nitrogens with zero attached hydrogens (tertiary/aromatic N) is 1. The molecule has 1 aromatic rings. The molecule has 0 aliphatic rings. The zero-order valence-electron chi connectivity index (χ0n) is 9.37. The van der Waals surface area contributed by atoms with Crippen LogP contribution < -0.4 is 11.1 Å². The summed E-state index contributed by atoms with van der Waals surface area (Å²) in [7, 11) is 0. The zero-order chi connectivity index (χ0) is 12.1. The Kier molecular flexibility index (Phi) is 4.43. The Morgan fingerprint density at radius 2 is 2.31 bits per heavy atom. The van der Waals surface area contributed by atoms with Gasteiger partial charge in [-0.1, -0.05) is 22.8 Å². The molecule has 0 fully saturated rings. The highest BCUT2D eigenvalue weighted by Crippen LogP contribution is 2.23. The fourth-order valence-electron chi connectivity index (χ4n) is 1.41. The van der Waals surface area contributed by atoms with Crippen molar-refractivity contribution in [3.63, 3.8) is 0 Å². The number of anilines is 1. The predicted molar refractivity (Wildman–Crippen MR) is 67.3 cm³/mol. The van der Waals surface area contributed by atoms with Gasteiger partial charge < -0.3 is 16.3 Å². The maximum Gasteiger partial charge on any atom is 0.141 e. The number of hydrogen-bond donors (Lipinski definition) is 3. The van der Waals surface area contributed by atoms with E-state index in [4.69, 9.17) is 22.5 Å². The van der Waals surface area contributed by atoms with Gasteiger partial charge in [-0.05, 0) is 31.5 Å². The van der Waals surface area contributed by atoms with Gasteiger partial charge in [0, 0.05) is 12.5 Å². The van der Waals surface area contributed by atoms with Crippen molar-refractivity contribution in [3.8, 4) is 0 Å². The van der Waals surface area contributed by atoms with Crippen molar-refractivity contribution in [2.45, 2.75) is 26.3 Å². The van der Waals surface area contributed by atoms with E-state index in [9.17, 15) is 0 Å². The lowest BCUT2D eigenvalue weighted by Gasteiger charge is -2.15. The van der Waals surface area contributed by atoms with Crippen molar-refractivity contribution in [2.24, 2.45) is 10.9 Å². The zero-order valence-corrected chi connectivity index (χ0v) is 10.1. The minimum Gasteiger partial charge on any atom is -0.409 e. The second kappa shape index (κ2) is 5.61. The van der Waals surface area contributed by atoms with Crippen molar-refractivity contribution in [1.82, 2.24) is 0 Å². The van der Waals surface area contributed by atoms with E-state index in [-0.39, 0.29) is 11.9 Å². The molecule has 0 aromatic heterocycles. The summed E-state index contributed by atoms with van der Waals surface area (Å²) in [6, 6.07) is 5.83. The Bertz CT molecular complexity index is 393. The molecule has 0 aliphatic heterocycles. The summed E-state index contributed by atoms with van der Waals surface area (Å²) in [6.45, 7) is 3.92. The van der Waals surface area contributed by atoms with Crippen LogP contribution in [0.15, 0.2) is 23.4 Å². The number of rotatable bonds is 4. The summed E-state index contributed by atoms with van der Waals surface area (Å²) in [5.74, 6) is 0.197. The summed E-state index contributed by atoms with van der Waals surface area (Å²) in [5.41, 5.74) is 7.38. The molecule has 4 N–H and O–H groups in total. The molecule has 1 aromatic carbocycles. The fourth-order valence-corrected chi connectivity index (χ4v) is 1.70. The van der Waals surface area contributed by atoms with Gasteiger partial charge in [0.2, 0.25) is 0 Å². The van der Waals surface area contributed by atoms with Crippen LogP contribution in [0.3, 0.4) is 0 Å². The average Bonchev–Trinajstić information content (AvgIpc) is 2.22. The number of oxime groups is 1. The molecule has 1 rings (SSSR count). The van der Waals surface area contributed by atoms with Gasteiger partial charge in [0.15, 0.2) is 0 Å². The number of nitrogens with one attached hydrogen (secondary N) is 1. The SMILES string of the molecule is Cc1ccc(NC(C)CC(N)=NO)c(Cl)c1. The standard InChI is InChI=1S/C11H16ClN3O/c1-7-3-4-10(9(12)5-7)14-8(2)6-11(13)15-16/h3-5,8,14,16H,6H2,1-2H3,(H2,13,15). The highest BCUT2D eigenvalue weighted by Gasteiger charge is 2.07. The third-order valence-electron chi connectivity index (χ3n) is 2.17. The first-order chi connectivity index (χ1) is 7.52. The molecule has 1 unspecified atom stereocenters. The van der Waals surface area contributed by atoms with Gasteiger partial charge in [0.25, 0.3) is 0 Å². The number of hydrogen-bond acceptors (Lipinski definition) is 3. The Hall–Kier alpha value is -1.42. The first-order valence-corrected chi connectivity index (χ1v) is 5.40. The quantitative estimate of drug-likeness (QED) is 0.328. The molecule has 0 amide bonds. The van der Waals surface area contributed by atoms with E-state index in [2.05, 4.69) is 10.5 Å². The minimum atomic E-state index is 0.0520. The van der Waals surface area contributed by atoms with E-state index in [0.29, 0.717) is 11.4 Å². The number of halogens is 1. The summed E-state index contributed by atoms with van der Waals surface area (Å²) in [6.07, 6.45) is 0.459. The van der Waals surface area contributed by atoms with Crippen molar-refractivity contribution < 1.29 is 5.21 Å². The number of nitrogens with two attached hydrogens (primary N) is 1. The summed E-state index contributed by atoms with van der Waals surface area (Å²) >= 11 is 6.07. The van der Waals surface area contributed by atoms with Gasteiger partial charge in [-0.3, -0.25) is 0 Å². The summed E-state index contributed by atoms with van der Waals surface area (Å²) in [4.78, 5) is 0. The van der Waals surface area contributed by atoms with Crippen molar-refractivity contribution >= 4 is 23.1 Å². The van der Waals surface area contributed by atoms with E-state index in [0.717, 1.165) is 11.3 Å². The molecule has 0 bridgehead atoms. The van der Waals surface area contributed by atoms with Crippen LogP contribution in [-0.2, 0) is 0 Å². The third kappa shape index (κ3) is 3.62. The van der Waals surface area contributed by atoms with Crippen LogP contribution in [0.1, 0.15) is 18.9 Å². The number of aryl methyl sites for hydroxylation is 1. The van der Waals surface area contributed by atoms with Crippen LogP contribution in [0.25, 0.3) is 0 Å². The van der Waals surface area contributed by atoms with E-state index in [1.165, 1.54) is 0 Å². The van der Waals surface area contributed by atoms with Gasteiger partial charge in [-0.2, -0.15) is 0 Å². The molecule has 0 radical (unpaired) electrons. The smallest absolute Gasteiger partial charge is 0.141 e. The highest BCUT2D eigenvalue weighted by atomic mass is 35.5. The molecule has 0 aliphatic carbocycles. The van der Waals surface area contributed by atoms with Gasteiger partial charge in [-0.25, -0.2) is 0 Å². The van der Waals surface area contributed by atoms with E-state index < -0.39 is 0 Å². The lowest BCUT2D eigenvalue weighted by molar-refractivity contribution is 0.316. The topological polar surface area (TPSA) is 70.6 Å². The molecular formula is C11H16ClN3O. The molecular weight excluding hydrogens is 226 g/mol. The van der Waals surface area contributed by atoms with E-state index in [1.54, 1.807) is 0 Å². The largest absolute Gasteiger partial charge is 0.409 e. The molecule has 5 heteroatoms. The molecule has 16 heavy (non-hydrogen) atoms. The lowest BCUT2D eigenvalue weighted by Crippen LogP contribution is -2.24. The maximum absolute atomic E-state index is 8.45. The van der Waals surface area contributed by atoms with Crippen molar-refractivity contribution in [2.75, 3.05) is 5.32 Å². The monoisotopic (exact) mass is 241 g/mol. The second-order valence-corrected chi connectivity index (χ2v) is 4.23. The lowest BCUT2D eigenvalue weighted by atomic mass is 10.2. The van der Waals surface area contributed by atoms with Crippen LogP contribution in [0, 0.1) is 6.92 Å². The summed E-state index contributed by atoms with van der Waals surface area (Å²) in [5, 5.41) is 15.2. The number of benzene rings is 1. The maximum atomic E-state index is 8.45. The van der Waals surface area contributed by atoms with Crippen LogP contribution in [0.2, 0.25) is 5.02 Å². The second-order valence-electron chi connectivity index (χ2n) is 3.82. The third-order valence-corrected chi connectivity index (χ3v) is 2.48. The first kappa shape index (κ1) is 12.6. The van der Waals surface area contributed by atoms with Crippen LogP contribution in [-0.4, -0.2) is 17.1 Å². The van der Waals surface area contributed by atoms with Gasteiger partial charge >= 0.3 is 0 Å². The molecule has 0 heterocycles. The minimum absolute atomic E-state index is 0.0520. The Morgan fingerprint density at radius 3 is 2.88 bits per heavy atom. The van der Waals surface area contributed by atoms with Gasteiger partial charge in [0.1, 0.15) is 5.84 Å². The molecule has 88 valence electrons. The van der Waals surface area contributed by atoms with Crippen LogP contribution >= 0.6 is 11.6 Å². The Labute approximate surface area is 100 Å². The Morgan fingerprint density at radius 1 is 1.62 bits per heavy atom. The molecule has 4 nitrogen and oxygen atoms in total. The Balaban J connectivity index is 2.66. The van der Waals surface area contributed by atoms with Crippen molar-refractivity contribution in [1.29, 1.82) is 0 Å². The average molecular weight is 242 g/mol. The van der Waals surface area contributed by atoms with E-state index >= 15 is 0 Å². The van der Waals surface area contributed by atoms with Crippen molar-refractivity contribution in [3.05, 3.63) is 28.8 Å². The summed E-state index contributed by atoms with van der Waals surface area (Å²) < 4.78 is 0. The normalized spacial score (nSPS) is 13.6. The first-order valence-electron chi connectivity index (χ1n) is 5.02. The van der Waals surface area contributed by atoms with Crippen LogP contribution in [0.5, 0.6) is 0 Å². The van der Waals surface area contributed by atoms with Crippen LogP contribution in [0.4, 0.5) is 5.69 Å². The predicted octanol–water partition coefficient (Wildman–Crippen LogP) is 2.59. The number of amidine groups is 1. The highest BCUT2D eigenvalue weighted by molar-refractivity contribution is 6.33. The molecule has 0 saturated heterocycles.